The minimum atomic E-state index is 0.307. The second-order valence-corrected chi connectivity index (χ2v) is 3.74. The lowest BCUT2D eigenvalue weighted by atomic mass is 10.4. The van der Waals surface area contributed by atoms with Gasteiger partial charge in [0.15, 0.2) is 5.82 Å². The Balaban J connectivity index is 2.11. The molecule has 7 nitrogen and oxygen atoms in total. The highest BCUT2D eigenvalue weighted by atomic mass is 35.5. The molecule has 4 N–H and O–H groups in total. The molecule has 2 aromatic heterocycles. The summed E-state index contributed by atoms with van der Waals surface area (Å²) in [7, 11) is 1.87. The van der Waals surface area contributed by atoms with Crippen molar-refractivity contribution < 1.29 is 0 Å². The molecule has 0 bridgehead atoms. The highest BCUT2D eigenvalue weighted by Gasteiger charge is 2.05. The molecule has 2 aromatic rings. The molecule has 0 aliphatic heterocycles. The van der Waals surface area contributed by atoms with Crippen molar-refractivity contribution in [2.45, 2.75) is 6.54 Å². The van der Waals surface area contributed by atoms with Gasteiger partial charge in [0, 0.05) is 13.2 Å². The van der Waals surface area contributed by atoms with Crippen LogP contribution >= 0.6 is 11.6 Å². The molecule has 0 amide bonds. The van der Waals surface area contributed by atoms with Crippen molar-refractivity contribution in [1.29, 1.82) is 0 Å². The average molecular weight is 254 g/mol. The van der Waals surface area contributed by atoms with Gasteiger partial charge in [0.2, 0.25) is 5.95 Å². The van der Waals surface area contributed by atoms with Crippen LogP contribution in [0.25, 0.3) is 0 Å². The minimum Gasteiger partial charge on any atom is -0.363 e. The van der Waals surface area contributed by atoms with Crippen LogP contribution in [-0.2, 0) is 13.6 Å². The van der Waals surface area contributed by atoms with E-state index in [9.17, 15) is 0 Å². The maximum absolute atomic E-state index is 5.95. The van der Waals surface area contributed by atoms with E-state index < -0.39 is 0 Å². The Labute approximate surface area is 103 Å². The molecule has 8 heteroatoms. The molecule has 2 heterocycles. The van der Waals surface area contributed by atoms with E-state index in [2.05, 4.69) is 25.8 Å². The zero-order chi connectivity index (χ0) is 12.3. The molecule has 17 heavy (non-hydrogen) atoms. The second kappa shape index (κ2) is 4.98. The van der Waals surface area contributed by atoms with Crippen LogP contribution < -0.4 is 16.6 Å². The third kappa shape index (κ3) is 2.63. The number of hydrazine groups is 1. The van der Waals surface area contributed by atoms with E-state index in [1.54, 1.807) is 10.9 Å². The molecule has 0 saturated carbocycles. The Kier molecular flexibility index (Phi) is 3.40. The van der Waals surface area contributed by atoms with Gasteiger partial charge in [-0.25, -0.2) is 10.8 Å². The molecule has 0 aliphatic carbocycles. The molecular weight excluding hydrogens is 242 g/mol. The fourth-order valence-electron chi connectivity index (χ4n) is 1.31. The summed E-state index contributed by atoms with van der Waals surface area (Å²) in [4.78, 5) is 7.98. The maximum Gasteiger partial charge on any atom is 0.239 e. The molecule has 0 atom stereocenters. The highest BCUT2D eigenvalue weighted by Crippen LogP contribution is 2.19. The Hall–Kier alpha value is -1.86. The standard InChI is InChI=1S/C9H12ClN7/c1-17-6(2-3-14-17)4-12-8-7(10)5-13-9(15-8)16-11/h2-3,5H,4,11H2,1H3,(H2,12,13,15,16). The van der Waals surface area contributed by atoms with Crippen LogP contribution in [0, 0.1) is 0 Å². The monoisotopic (exact) mass is 253 g/mol. The van der Waals surface area contributed by atoms with Crippen LogP contribution in [-0.4, -0.2) is 19.7 Å². The lowest BCUT2D eigenvalue weighted by molar-refractivity contribution is 0.720. The zero-order valence-corrected chi connectivity index (χ0v) is 9.94. The first kappa shape index (κ1) is 11.6. The van der Waals surface area contributed by atoms with E-state index in [4.69, 9.17) is 17.4 Å². The van der Waals surface area contributed by atoms with Crippen molar-refractivity contribution in [3.05, 3.63) is 29.2 Å². The summed E-state index contributed by atoms with van der Waals surface area (Å²) in [6.07, 6.45) is 3.21. The molecule has 0 aliphatic rings. The summed E-state index contributed by atoms with van der Waals surface area (Å²) >= 11 is 5.95. The summed E-state index contributed by atoms with van der Waals surface area (Å²) in [6.45, 7) is 0.567. The summed E-state index contributed by atoms with van der Waals surface area (Å²) < 4.78 is 1.77. The Bertz CT molecular complexity index is 510. The minimum absolute atomic E-state index is 0.307. The van der Waals surface area contributed by atoms with Gasteiger partial charge in [0.1, 0.15) is 5.02 Å². The zero-order valence-electron chi connectivity index (χ0n) is 9.18. The van der Waals surface area contributed by atoms with E-state index in [1.807, 2.05) is 13.1 Å². The predicted molar refractivity (Wildman–Crippen MR) is 65.4 cm³/mol. The molecular formula is C9H12ClN7. The van der Waals surface area contributed by atoms with Gasteiger partial charge >= 0.3 is 0 Å². The van der Waals surface area contributed by atoms with E-state index in [0.717, 1.165) is 5.69 Å². The molecule has 0 radical (unpaired) electrons. The average Bonchev–Trinajstić information content (AvgIpc) is 2.74. The topological polar surface area (TPSA) is 93.7 Å². The van der Waals surface area contributed by atoms with Gasteiger partial charge in [0.25, 0.3) is 0 Å². The maximum atomic E-state index is 5.95. The van der Waals surface area contributed by atoms with Gasteiger partial charge in [0.05, 0.1) is 18.4 Å². The van der Waals surface area contributed by atoms with Crippen molar-refractivity contribution in [3.63, 3.8) is 0 Å². The van der Waals surface area contributed by atoms with E-state index >= 15 is 0 Å². The summed E-state index contributed by atoms with van der Waals surface area (Å²) in [5, 5.41) is 7.59. The van der Waals surface area contributed by atoms with Crippen molar-refractivity contribution in [2.75, 3.05) is 10.7 Å². The summed E-state index contributed by atoms with van der Waals surface area (Å²) in [6, 6.07) is 1.91. The quantitative estimate of drug-likeness (QED) is 0.550. The molecule has 90 valence electrons. The number of nitrogens with two attached hydrogens (primary N) is 1. The number of halogens is 1. The number of nitrogens with zero attached hydrogens (tertiary/aromatic N) is 4. The van der Waals surface area contributed by atoms with E-state index in [0.29, 0.717) is 23.3 Å². The SMILES string of the molecule is Cn1nccc1CNc1nc(NN)ncc1Cl. The Morgan fingerprint density at radius 1 is 1.53 bits per heavy atom. The fraction of sp³-hybridized carbons (Fsp3) is 0.222. The Morgan fingerprint density at radius 3 is 3.00 bits per heavy atom. The number of nitrogen functional groups attached to an aromatic ring is 1. The number of rotatable bonds is 4. The van der Waals surface area contributed by atoms with Gasteiger partial charge in [-0.05, 0) is 6.07 Å². The largest absolute Gasteiger partial charge is 0.363 e. The molecule has 0 unspecified atom stereocenters. The molecule has 0 spiro atoms. The van der Waals surface area contributed by atoms with Crippen LogP contribution in [0.4, 0.5) is 11.8 Å². The number of hydrogen-bond donors (Lipinski definition) is 3. The van der Waals surface area contributed by atoms with Crippen LogP contribution in [0.5, 0.6) is 0 Å². The lowest BCUT2D eigenvalue weighted by Gasteiger charge is -2.08. The first-order valence-electron chi connectivity index (χ1n) is 4.90. The summed E-state index contributed by atoms with van der Waals surface area (Å²) in [5.41, 5.74) is 3.38. The van der Waals surface area contributed by atoms with Crippen LogP contribution in [0.15, 0.2) is 18.5 Å². The lowest BCUT2D eigenvalue weighted by Crippen LogP contribution is -2.12. The third-order valence-electron chi connectivity index (χ3n) is 2.23. The van der Waals surface area contributed by atoms with Gasteiger partial charge in [-0.3, -0.25) is 10.1 Å². The third-order valence-corrected chi connectivity index (χ3v) is 2.51. The summed E-state index contributed by atoms with van der Waals surface area (Å²) in [5.74, 6) is 6.05. The predicted octanol–water partition coefficient (Wildman–Crippen LogP) is 0.761. The van der Waals surface area contributed by atoms with Crippen LogP contribution in [0.3, 0.4) is 0 Å². The molecule has 0 saturated heterocycles. The van der Waals surface area contributed by atoms with E-state index in [1.165, 1.54) is 6.20 Å². The number of aryl methyl sites for hydroxylation is 1. The first-order chi connectivity index (χ1) is 8.20. The van der Waals surface area contributed by atoms with Gasteiger partial charge < -0.3 is 5.32 Å². The van der Waals surface area contributed by atoms with E-state index in [-0.39, 0.29) is 0 Å². The number of aromatic nitrogens is 4. The normalized spacial score (nSPS) is 10.3. The molecule has 2 rings (SSSR count). The van der Waals surface area contributed by atoms with Crippen molar-refractivity contribution >= 4 is 23.4 Å². The van der Waals surface area contributed by atoms with Gasteiger partial charge in [-0.2, -0.15) is 10.1 Å². The van der Waals surface area contributed by atoms with Crippen molar-refractivity contribution in [2.24, 2.45) is 12.9 Å². The number of hydrogen-bond acceptors (Lipinski definition) is 6. The highest BCUT2D eigenvalue weighted by molar-refractivity contribution is 6.32. The van der Waals surface area contributed by atoms with Gasteiger partial charge in [-0.15, -0.1) is 0 Å². The first-order valence-corrected chi connectivity index (χ1v) is 5.28. The second-order valence-electron chi connectivity index (χ2n) is 3.33. The van der Waals surface area contributed by atoms with Crippen LogP contribution in [0.1, 0.15) is 5.69 Å². The number of anilines is 2. The van der Waals surface area contributed by atoms with Crippen molar-refractivity contribution in [3.8, 4) is 0 Å². The smallest absolute Gasteiger partial charge is 0.239 e. The number of nitrogens with one attached hydrogen (secondary N) is 2. The Morgan fingerprint density at radius 2 is 2.35 bits per heavy atom. The van der Waals surface area contributed by atoms with Crippen LogP contribution in [0.2, 0.25) is 5.02 Å². The molecule has 0 fully saturated rings. The fourth-order valence-corrected chi connectivity index (χ4v) is 1.47. The van der Waals surface area contributed by atoms with Gasteiger partial charge in [-0.1, -0.05) is 11.6 Å². The molecule has 0 aromatic carbocycles. The van der Waals surface area contributed by atoms with Crippen molar-refractivity contribution in [1.82, 2.24) is 19.7 Å².